The SMILES string of the molecule is Fc1cnc(CN2CCC(F)(F)CC2)c(F)c1. The maximum atomic E-state index is 13.3. The summed E-state index contributed by atoms with van der Waals surface area (Å²) < 4.78 is 51.7. The Labute approximate surface area is 96.3 Å². The first-order valence-electron chi connectivity index (χ1n) is 5.36. The molecule has 0 bridgehead atoms. The zero-order valence-electron chi connectivity index (χ0n) is 9.10. The average Bonchev–Trinajstić information content (AvgIpc) is 2.25. The fraction of sp³-hybridized carbons (Fsp3) is 0.545. The molecule has 2 nitrogen and oxygen atoms in total. The lowest BCUT2D eigenvalue weighted by atomic mass is 10.1. The second kappa shape index (κ2) is 4.60. The first-order chi connectivity index (χ1) is 7.96. The Hall–Kier alpha value is -1.17. The van der Waals surface area contributed by atoms with E-state index in [-0.39, 0.29) is 38.2 Å². The van der Waals surface area contributed by atoms with Gasteiger partial charge >= 0.3 is 0 Å². The van der Waals surface area contributed by atoms with Crippen LogP contribution in [0.3, 0.4) is 0 Å². The summed E-state index contributed by atoms with van der Waals surface area (Å²) in [5.74, 6) is -4.09. The van der Waals surface area contributed by atoms with Gasteiger partial charge in [-0.1, -0.05) is 0 Å². The molecule has 0 spiro atoms. The Balaban J connectivity index is 1.98. The number of piperidine rings is 1. The standard InChI is InChI=1S/C11H12F4N2/c12-8-5-9(13)10(16-6-8)7-17-3-1-11(14,15)2-4-17/h5-6H,1-4,7H2. The maximum Gasteiger partial charge on any atom is 0.250 e. The third kappa shape index (κ3) is 3.15. The highest BCUT2D eigenvalue weighted by Crippen LogP contribution is 2.28. The predicted molar refractivity (Wildman–Crippen MR) is 53.6 cm³/mol. The highest BCUT2D eigenvalue weighted by Gasteiger charge is 2.34. The van der Waals surface area contributed by atoms with Crippen LogP contribution in [0, 0.1) is 11.6 Å². The second-order valence-corrected chi connectivity index (χ2v) is 4.21. The molecular formula is C11H12F4N2. The third-order valence-electron chi connectivity index (χ3n) is 2.84. The van der Waals surface area contributed by atoms with Gasteiger partial charge in [-0.15, -0.1) is 0 Å². The Morgan fingerprint density at radius 1 is 1.24 bits per heavy atom. The molecule has 1 aromatic rings. The van der Waals surface area contributed by atoms with Crippen molar-refractivity contribution in [2.24, 2.45) is 0 Å². The van der Waals surface area contributed by atoms with Crippen LogP contribution in [-0.2, 0) is 6.54 Å². The molecule has 1 aliphatic rings. The zero-order chi connectivity index (χ0) is 12.5. The summed E-state index contributed by atoms with van der Waals surface area (Å²) in [5, 5.41) is 0. The summed E-state index contributed by atoms with van der Waals surface area (Å²) in [6, 6.07) is 0.751. The van der Waals surface area contributed by atoms with Gasteiger partial charge in [-0.2, -0.15) is 0 Å². The van der Waals surface area contributed by atoms with Crippen LogP contribution < -0.4 is 0 Å². The number of hydrogen-bond acceptors (Lipinski definition) is 2. The molecule has 0 aromatic carbocycles. The highest BCUT2D eigenvalue weighted by atomic mass is 19.3. The van der Waals surface area contributed by atoms with Gasteiger partial charge in [0.15, 0.2) is 0 Å². The van der Waals surface area contributed by atoms with Crippen LogP contribution in [0.15, 0.2) is 12.3 Å². The first kappa shape index (κ1) is 12.3. The minimum Gasteiger partial charge on any atom is -0.297 e. The van der Waals surface area contributed by atoms with Gasteiger partial charge in [0.2, 0.25) is 0 Å². The lowest BCUT2D eigenvalue weighted by molar-refractivity contribution is -0.0569. The van der Waals surface area contributed by atoms with Crippen molar-refractivity contribution in [3.05, 3.63) is 29.6 Å². The minimum atomic E-state index is -2.62. The lowest BCUT2D eigenvalue weighted by Crippen LogP contribution is -2.39. The van der Waals surface area contributed by atoms with Gasteiger partial charge in [0, 0.05) is 38.5 Å². The molecule has 0 N–H and O–H groups in total. The number of aromatic nitrogens is 1. The molecule has 2 heterocycles. The largest absolute Gasteiger partial charge is 0.297 e. The van der Waals surface area contributed by atoms with Crippen molar-refractivity contribution in [3.8, 4) is 0 Å². The van der Waals surface area contributed by atoms with Crippen molar-refractivity contribution in [2.45, 2.75) is 25.3 Å². The topological polar surface area (TPSA) is 16.1 Å². The van der Waals surface area contributed by atoms with Crippen LogP contribution in [0.25, 0.3) is 0 Å². The predicted octanol–water partition coefficient (Wildman–Crippen LogP) is 2.59. The molecule has 0 amide bonds. The van der Waals surface area contributed by atoms with E-state index in [0.29, 0.717) is 0 Å². The fourth-order valence-electron chi connectivity index (χ4n) is 1.81. The van der Waals surface area contributed by atoms with E-state index in [2.05, 4.69) is 4.98 Å². The summed E-state index contributed by atoms with van der Waals surface area (Å²) >= 11 is 0. The lowest BCUT2D eigenvalue weighted by Gasteiger charge is -2.31. The van der Waals surface area contributed by atoms with Crippen LogP contribution in [0.1, 0.15) is 18.5 Å². The minimum absolute atomic E-state index is 0.0941. The highest BCUT2D eigenvalue weighted by molar-refractivity contribution is 5.08. The Bertz CT molecular complexity index is 398. The van der Waals surface area contributed by atoms with Crippen LogP contribution in [-0.4, -0.2) is 28.9 Å². The molecule has 17 heavy (non-hydrogen) atoms. The normalized spacial score (nSPS) is 20.5. The van der Waals surface area contributed by atoms with Gasteiger partial charge in [0.05, 0.1) is 11.9 Å². The monoisotopic (exact) mass is 248 g/mol. The van der Waals surface area contributed by atoms with E-state index in [4.69, 9.17) is 0 Å². The Morgan fingerprint density at radius 3 is 2.47 bits per heavy atom. The molecule has 0 atom stereocenters. The fourth-order valence-corrected chi connectivity index (χ4v) is 1.81. The molecule has 1 fully saturated rings. The molecule has 2 rings (SSSR count). The smallest absolute Gasteiger partial charge is 0.250 e. The van der Waals surface area contributed by atoms with Crippen LogP contribution in [0.4, 0.5) is 17.6 Å². The second-order valence-electron chi connectivity index (χ2n) is 4.21. The molecule has 0 aliphatic carbocycles. The van der Waals surface area contributed by atoms with Crippen LogP contribution in [0.2, 0.25) is 0 Å². The van der Waals surface area contributed by atoms with Crippen molar-refractivity contribution in [1.82, 2.24) is 9.88 Å². The van der Waals surface area contributed by atoms with Crippen molar-refractivity contribution in [3.63, 3.8) is 0 Å². The van der Waals surface area contributed by atoms with Crippen molar-refractivity contribution >= 4 is 0 Å². The van der Waals surface area contributed by atoms with Gasteiger partial charge in [-0.3, -0.25) is 9.88 Å². The van der Waals surface area contributed by atoms with E-state index >= 15 is 0 Å². The quantitative estimate of drug-likeness (QED) is 0.748. The number of hydrogen-bond donors (Lipinski definition) is 0. The van der Waals surface area contributed by atoms with E-state index in [1.54, 1.807) is 4.90 Å². The van der Waals surface area contributed by atoms with Gasteiger partial charge in [0.1, 0.15) is 11.6 Å². The zero-order valence-corrected chi connectivity index (χ0v) is 9.10. The molecular weight excluding hydrogens is 236 g/mol. The van der Waals surface area contributed by atoms with Crippen molar-refractivity contribution in [2.75, 3.05) is 13.1 Å². The molecule has 6 heteroatoms. The van der Waals surface area contributed by atoms with E-state index in [1.165, 1.54) is 0 Å². The Morgan fingerprint density at radius 2 is 1.88 bits per heavy atom. The molecule has 1 aliphatic heterocycles. The maximum absolute atomic E-state index is 13.3. The summed E-state index contributed by atoms with van der Waals surface area (Å²) in [7, 11) is 0. The van der Waals surface area contributed by atoms with Gasteiger partial charge in [-0.05, 0) is 0 Å². The first-order valence-corrected chi connectivity index (χ1v) is 5.36. The molecule has 0 saturated carbocycles. The summed E-state index contributed by atoms with van der Waals surface area (Å²) in [4.78, 5) is 5.32. The molecule has 0 radical (unpaired) electrons. The van der Waals surface area contributed by atoms with Crippen molar-refractivity contribution in [1.29, 1.82) is 0 Å². The number of pyridine rings is 1. The van der Waals surface area contributed by atoms with Gasteiger partial charge in [-0.25, -0.2) is 17.6 Å². The van der Waals surface area contributed by atoms with E-state index in [0.717, 1.165) is 12.3 Å². The molecule has 94 valence electrons. The molecule has 1 aromatic heterocycles. The third-order valence-corrected chi connectivity index (χ3v) is 2.84. The summed E-state index contributed by atoms with van der Waals surface area (Å²) in [6.07, 6.45) is 0.475. The van der Waals surface area contributed by atoms with Crippen LogP contribution >= 0.6 is 0 Å². The number of likely N-dealkylation sites (tertiary alicyclic amines) is 1. The van der Waals surface area contributed by atoms with E-state index < -0.39 is 17.6 Å². The number of halogens is 4. The van der Waals surface area contributed by atoms with Crippen LogP contribution in [0.5, 0.6) is 0 Å². The van der Waals surface area contributed by atoms with E-state index in [9.17, 15) is 17.6 Å². The summed E-state index contributed by atoms with van der Waals surface area (Å²) in [5.41, 5.74) is 0.0941. The van der Waals surface area contributed by atoms with Gasteiger partial charge in [0.25, 0.3) is 5.92 Å². The number of alkyl halides is 2. The van der Waals surface area contributed by atoms with E-state index in [1.807, 2.05) is 0 Å². The number of nitrogens with zero attached hydrogens (tertiary/aromatic N) is 2. The number of rotatable bonds is 2. The molecule has 0 unspecified atom stereocenters. The average molecular weight is 248 g/mol. The molecule has 1 saturated heterocycles. The van der Waals surface area contributed by atoms with Crippen molar-refractivity contribution < 1.29 is 17.6 Å². The summed E-state index contributed by atoms with van der Waals surface area (Å²) in [6.45, 7) is 0.541. The Kier molecular flexibility index (Phi) is 3.33. The van der Waals surface area contributed by atoms with Gasteiger partial charge < -0.3 is 0 Å².